The molecule has 0 unspecified atom stereocenters. The number of nitrogens with two attached hydrogens (primary N) is 1. The van der Waals surface area contributed by atoms with Crippen molar-refractivity contribution in [1.82, 2.24) is 0 Å². The fraction of sp³-hybridized carbons (Fsp3) is 0.273. The molecule has 76 valence electrons. The summed E-state index contributed by atoms with van der Waals surface area (Å²) in [5.74, 6) is -0.256. The molecule has 0 aromatic heterocycles. The first-order chi connectivity index (χ1) is 6.76. The van der Waals surface area contributed by atoms with Crippen LogP contribution in [0.15, 0.2) is 36.2 Å². The van der Waals surface area contributed by atoms with E-state index in [-0.39, 0.29) is 12.4 Å². The highest BCUT2D eigenvalue weighted by atomic mass is 19.1. The first kappa shape index (κ1) is 10.9. The van der Waals surface area contributed by atoms with Gasteiger partial charge in [0.25, 0.3) is 0 Å². The fourth-order valence-corrected chi connectivity index (χ4v) is 1.16. The predicted octanol–water partition coefficient (Wildman–Crippen LogP) is 2.57. The second kappa shape index (κ2) is 5.50. The highest BCUT2D eigenvalue weighted by Gasteiger charge is 1.97. The van der Waals surface area contributed by atoms with Crippen LogP contribution in [0.1, 0.15) is 12.0 Å². The Morgan fingerprint density at radius 1 is 1.29 bits per heavy atom. The SMILES string of the molecule is NC/C(=C\F)CCc1ccc(F)cc1. The zero-order chi connectivity index (χ0) is 10.4. The number of hydrogen-bond acceptors (Lipinski definition) is 1. The summed E-state index contributed by atoms with van der Waals surface area (Å²) in [6.45, 7) is 0.234. The average molecular weight is 197 g/mol. The van der Waals surface area contributed by atoms with E-state index in [0.717, 1.165) is 5.56 Å². The molecule has 0 aliphatic heterocycles. The van der Waals surface area contributed by atoms with Gasteiger partial charge in [-0.15, -0.1) is 0 Å². The van der Waals surface area contributed by atoms with Crippen LogP contribution in [0.4, 0.5) is 8.78 Å². The van der Waals surface area contributed by atoms with Crippen molar-refractivity contribution in [3.63, 3.8) is 0 Å². The quantitative estimate of drug-likeness (QED) is 0.788. The third kappa shape index (κ3) is 3.26. The van der Waals surface area contributed by atoms with E-state index in [0.29, 0.717) is 24.7 Å². The first-order valence-electron chi connectivity index (χ1n) is 4.49. The molecule has 1 aromatic carbocycles. The highest BCUT2D eigenvalue weighted by molar-refractivity contribution is 5.17. The molecule has 0 saturated carbocycles. The predicted molar refractivity (Wildman–Crippen MR) is 53.0 cm³/mol. The molecule has 1 rings (SSSR count). The minimum atomic E-state index is -0.256. The summed E-state index contributed by atoms with van der Waals surface area (Å²) in [5, 5.41) is 0. The molecule has 0 aliphatic rings. The van der Waals surface area contributed by atoms with Gasteiger partial charge in [-0.3, -0.25) is 0 Å². The second-order valence-corrected chi connectivity index (χ2v) is 3.10. The number of benzene rings is 1. The van der Waals surface area contributed by atoms with E-state index in [4.69, 9.17) is 5.73 Å². The van der Waals surface area contributed by atoms with Gasteiger partial charge in [-0.2, -0.15) is 0 Å². The van der Waals surface area contributed by atoms with Gasteiger partial charge in [0.1, 0.15) is 5.82 Å². The highest BCUT2D eigenvalue weighted by Crippen LogP contribution is 2.09. The van der Waals surface area contributed by atoms with Gasteiger partial charge < -0.3 is 5.73 Å². The van der Waals surface area contributed by atoms with Crippen molar-refractivity contribution in [1.29, 1.82) is 0 Å². The van der Waals surface area contributed by atoms with Crippen molar-refractivity contribution in [3.8, 4) is 0 Å². The van der Waals surface area contributed by atoms with Crippen LogP contribution in [0.25, 0.3) is 0 Å². The zero-order valence-corrected chi connectivity index (χ0v) is 7.84. The molecule has 3 heteroatoms. The second-order valence-electron chi connectivity index (χ2n) is 3.10. The molecule has 0 aliphatic carbocycles. The molecule has 0 bridgehead atoms. The molecule has 0 radical (unpaired) electrons. The van der Waals surface area contributed by atoms with Crippen LogP contribution in [0.2, 0.25) is 0 Å². The summed E-state index contributed by atoms with van der Waals surface area (Å²) in [4.78, 5) is 0. The van der Waals surface area contributed by atoms with Crippen LogP contribution < -0.4 is 5.73 Å². The van der Waals surface area contributed by atoms with Gasteiger partial charge in [0.15, 0.2) is 0 Å². The number of rotatable bonds is 4. The lowest BCUT2D eigenvalue weighted by Crippen LogP contribution is -2.03. The maximum Gasteiger partial charge on any atom is 0.123 e. The Morgan fingerprint density at radius 2 is 1.93 bits per heavy atom. The lowest BCUT2D eigenvalue weighted by molar-refractivity contribution is 0.626. The van der Waals surface area contributed by atoms with E-state index in [1.807, 2.05) is 0 Å². The van der Waals surface area contributed by atoms with Crippen LogP contribution >= 0.6 is 0 Å². The standard InChI is InChI=1S/C11H13F2N/c12-7-10(8-14)2-1-9-3-5-11(13)6-4-9/h3-7H,1-2,8,14H2/b10-7-. The molecule has 0 saturated heterocycles. The van der Waals surface area contributed by atoms with E-state index < -0.39 is 0 Å². The molecule has 1 nitrogen and oxygen atoms in total. The fourth-order valence-electron chi connectivity index (χ4n) is 1.16. The molecule has 0 fully saturated rings. The molecule has 14 heavy (non-hydrogen) atoms. The number of halogens is 2. The van der Waals surface area contributed by atoms with Crippen LogP contribution in [0, 0.1) is 5.82 Å². The minimum Gasteiger partial charge on any atom is -0.327 e. The Kier molecular flexibility index (Phi) is 4.26. The van der Waals surface area contributed by atoms with Gasteiger partial charge in [-0.05, 0) is 36.1 Å². The van der Waals surface area contributed by atoms with Crippen LogP contribution in [0.3, 0.4) is 0 Å². The van der Waals surface area contributed by atoms with Gasteiger partial charge in [-0.25, -0.2) is 8.78 Å². The van der Waals surface area contributed by atoms with Gasteiger partial charge in [0.05, 0.1) is 6.33 Å². The van der Waals surface area contributed by atoms with Crippen molar-refractivity contribution >= 4 is 0 Å². The van der Waals surface area contributed by atoms with E-state index >= 15 is 0 Å². The molecule has 1 aromatic rings. The van der Waals surface area contributed by atoms with E-state index in [9.17, 15) is 8.78 Å². The minimum absolute atomic E-state index is 0.234. The average Bonchev–Trinajstić information content (AvgIpc) is 2.22. The Balaban J connectivity index is 2.49. The maximum atomic E-state index is 12.5. The largest absolute Gasteiger partial charge is 0.327 e. The van der Waals surface area contributed by atoms with E-state index in [1.54, 1.807) is 12.1 Å². The van der Waals surface area contributed by atoms with Crippen LogP contribution in [-0.2, 0) is 6.42 Å². The Bertz CT molecular complexity index is 304. The Labute approximate surface area is 82.2 Å². The summed E-state index contributed by atoms with van der Waals surface area (Å²) < 4.78 is 24.6. The third-order valence-electron chi connectivity index (χ3n) is 2.06. The molecular formula is C11H13F2N. The van der Waals surface area contributed by atoms with Crippen LogP contribution in [0.5, 0.6) is 0 Å². The summed E-state index contributed by atoms with van der Waals surface area (Å²) in [6.07, 6.45) is 1.81. The summed E-state index contributed by atoms with van der Waals surface area (Å²) in [5.41, 5.74) is 6.87. The van der Waals surface area contributed by atoms with Gasteiger partial charge in [0.2, 0.25) is 0 Å². The van der Waals surface area contributed by atoms with Crippen molar-refractivity contribution < 1.29 is 8.78 Å². The summed E-state index contributed by atoms with van der Waals surface area (Å²) in [7, 11) is 0. The smallest absolute Gasteiger partial charge is 0.123 e. The van der Waals surface area contributed by atoms with Crippen LogP contribution in [-0.4, -0.2) is 6.54 Å². The van der Waals surface area contributed by atoms with Crippen molar-refractivity contribution in [2.75, 3.05) is 6.54 Å². The van der Waals surface area contributed by atoms with Gasteiger partial charge in [-0.1, -0.05) is 12.1 Å². The lowest BCUT2D eigenvalue weighted by Gasteiger charge is -2.02. The monoisotopic (exact) mass is 197 g/mol. The van der Waals surface area contributed by atoms with Crippen molar-refractivity contribution in [2.45, 2.75) is 12.8 Å². The molecule has 0 spiro atoms. The normalized spacial score (nSPS) is 11.8. The van der Waals surface area contributed by atoms with Crippen molar-refractivity contribution in [2.24, 2.45) is 5.73 Å². The first-order valence-corrected chi connectivity index (χ1v) is 4.49. The van der Waals surface area contributed by atoms with Gasteiger partial charge in [0, 0.05) is 6.54 Å². The Morgan fingerprint density at radius 3 is 2.43 bits per heavy atom. The topological polar surface area (TPSA) is 26.0 Å². The van der Waals surface area contributed by atoms with Crippen molar-refractivity contribution in [3.05, 3.63) is 47.5 Å². The maximum absolute atomic E-state index is 12.5. The van der Waals surface area contributed by atoms with Gasteiger partial charge >= 0.3 is 0 Å². The summed E-state index contributed by atoms with van der Waals surface area (Å²) >= 11 is 0. The number of aryl methyl sites for hydroxylation is 1. The molecular weight excluding hydrogens is 184 g/mol. The zero-order valence-electron chi connectivity index (χ0n) is 7.84. The van der Waals surface area contributed by atoms with E-state index in [1.165, 1.54) is 12.1 Å². The third-order valence-corrected chi connectivity index (χ3v) is 2.06. The number of hydrogen-bond donors (Lipinski definition) is 1. The molecule has 0 atom stereocenters. The summed E-state index contributed by atoms with van der Waals surface area (Å²) in [6, 6.07) is 6.19. The molecule has 0 amide bonds. The molecule has 0 heterocycles. The van der Waals surface area contributed by atoms with E-state index in [2.05, 4.69) is 0 Å². The lowest BCUT2D eigenvalue weighted by atomic mass is 10.1. The Hall–Kier alpha value is -1.22. The molecule has 2 N–H and O–H groups in total.